The number of alkyl halides is 1. The molecule has 3 saturated carbocycles. The maximum absolute atomic E-state index is 13.6. The summed E-state index contributed by atoms with van der Waals surface area (Å²) in [5.74, 6) is -2.81. The Balaban J connectivity index is 1.15. The molecule has 0 aromatic carbocycles. The number of ether oxygens (including phenoxy) is 3. The molecule has 0 amide bonds. The zero-order valence-corrected chi connectivity index (χ0v) is 29.2. The first-order valence-electron chi connectivity index (χ1n) is 16.2. The summed E-state index contributed by atoms with van der Waals surface area (Å²) in [6.07, 6.45) is -1.19. The molecule has 0 radical (unpaired) electrons. The Morgan fingerprint density at radius 3 is 2.22 bits per heavy atom. The molecule has 2 aromatic heterocycles. The Labute approximate surface area is 291 Å². The first-order chi connectivity index (χ1) is 23.8. The molecule has 0 bridgehead atoms. The topological polar surface area (TPSA) is 226 Å². The van der Waals surface area contributed by atoms with Crippen LogP contribution in [0.3, 0.4) is 0 Å². The molecular formula is C30H37ClFN4O12PS. The van der Waals surface area contributed by atoms with E-state index in [0.717, 1.165) is 12.8 Å². The Morgan fingerprint density at radius 1 is 1.10 bits per heavy atom. The number of carbonyl (C=O) groups excluding carboxylic acids is 2. The minimum atomic E-state index is -4.64. The lowest BCUT2D eigenvalue weighted by Gasteiger charge is -2.31. The molecule has 2 aromatic rings. The minimum absolute atomic E-state index is 0.0283. The van der Waals surface area contributed by atoms with Crippen LogP contribution in [0.4, 0.5) is 10.1 Å². The van der Waals surface area contributed by atoms with E-state index >= 15 is 0 Å². The van der Waals surface area contributed by atoms with Crippen molar-refractivity contribution < 1.29 is 60.4 Å². The molecule has 0 unspecified atom stereocenters. The number of nitrogens with one attached hydrogen (secondary N) is 1. The van der Waals surface area contributed by atoms with Crippen LogP contribution in [0.5, 0.6) is 0 Å². The fourth-order valence-corrected chi connectivity index (χ4v) is 10.5. The number of sulfone groups is 1. The lowest BCUT2D eigenvalue weighted by atomic mass is 9.86. The van der Waals surface area contributed by atoms with E-state index in [-0.39, 0.29) is 47.1 Å². The van der Waals surface area contributed by atoms with Crippen LogP contribution in [-0.2, 0) is 47.2 Å². The summed E-state index contributed by atoms with van der Waals surface area (Å²) < 4.78 is 81.3. The van der Waals surface area contributed by atoms with Crippen molar-refractivity contribution in [3.05, 3.63) is 23.0 Å². The number of carbonyl (C=O) groups is 2. The number of fused-ring (bicyclic) bond motifs is 1. The molecule has 50 heavy (non-hydrogen) atoms. The summed E-state index contributed by atoms with van der Waals surface area (Å²) >= 11 is 6.32. The molecular weight excluding hydrogens is 726 g/mol. The predicted octanol–water partition coefficient (Wildman–Crippen LogP) is 3.29. The van der Waals surface area contributed by atoms with Crippen LogP contribution in [0.25, 0.3) is 11.0 Å². The monoisotopic (exact) mass is 762 g/mol. The fraction of sp³-hybridized carbons (Fsp3) is 0.667. The molecule has 274 valence electrons. The lowest BCUT2D eigenvalue weighted by Crippen LogP contribution is -2.36. The second-order valence-corrected chi connectivity index (χ2v) is 18.0. The standard InChI is InChI=1S/C30H37ClFN4O12PS/c31-26-21(11-33)23(34-19-9-18(32)10-19)20-7-8-36(27(20)35-26)28-25(38)24(37)22(48-28)12-50(42,43)15-49(41,46-13-44-29(39)16-3-1-4-16)47-14-45-30(40)17-5-2-6-17/h7-8,16-19,22,24-25,28,37-38H,1-6,9-10,12-15H2,(H,34,35)/t18?,19?,22-,24-,25-,28-/m1/s1. The number of anilines is 1. The van der Waals surface area contributed by atoms with Gasteiger partial charge in [-0.05, 0) is 44.6 Å². The van der Waals surface area contributed by atoms with Gasteiger partial charge in [-0.1, -0.05) is 24.4 Å². The third kappa shape index (κ3) is 7.95. The summed E-state index contributed by atoms with van der Waals surface area (Å²) in [6.45, 7) is -1.75. The van der Waals surface area contributed by atoms with Crippen LogP contribution in [0, 0.1) is 23.2 Å². The van der Waals surface area contributed by atoms with Gasteiger partial charge in [-0.15, -0.1) is 0 Å². The van der Waals surface area contributed by atoms with Crippen LogP contribution in [0.2, 0.25) is 5.15 Å². The minimum Gasteiger partial charge on any atom is -0.438 e. The Hall–Kier alpha value is -2.88. The number of esters is 2. The van der Waals surface area contributed by atoms with Gasteiger partial charge >= 0.3 is 19.5 Å². The number of nitrogens with zero attached hydrogens (tertiary/aromatic N) is 3. The first kappa shape index (κ1) is 36.9. The number of hydrogen-bond donors (Lipinski definition) is 3. The smallest absolute Gasteiger partial charge is 0.351 e. The van der Waals surface area contributed by atoms with Gasteiger partial charge in [0.05, 0.1) is 23.3 Å². The SMILES string of the molecule is N#Cc1c(Cl)nc2c(ccn2[C@@H]2O[C@H](CS(=O)(=O)CP(=O)(OCOC(=O)C3CCC3)OCOC(=O)C3CCC3)[C@@H](O)[C@H]2O)c1NC1CC(F)C1. The predicted molar refractivity (Wildman–Crippen MR) is 172 cm³/mol. The van der Waals surface area contributed by atoms with E-state index in [2.05, 4.69) is 10.3 Å². The van der Waals surface area contributed by atoms with Gasteiger partial charge in [0.15, 0.2) is 26.7 Å². The first-order valence-corrected chi connectivity index (χ1v) is 20.1. The van der Waals surface area contributed by atoms with Crippen molar-refractivity contribution in [1.82, 2.24) is 9.55 Å². The maximum Gasteiger partial charge on any atom is 0.351 e. The molecule has 0 spiro atoms. The van der Waals surface area contributed by atoms with Gasteiger partial charge in [0.2, 0.25) is 13.6 Å². The molecule has 1 aliphatic heterocycles. The molecule has 3 N–H and O–H groups in total. The van der Waals surface area contributed by atoms with E-state index in [1.807, 2.05) is 6.07 Å². The van der Waals surface area contributed by atoms with E-state index in [1.165, 1.54) is 10.8 Å². The van der Waals surface area contributed by atoms with Crippen molar-refractivity contribution in [2.24, 2.45) is 11.8 Å². The molecule has 1 saturated heterocycles. The summed E-state index contributed by atoms with van der Waals surface area (Å²) in [5, 5.41) is 34.9. The Kier molecular flexibility index (Phi) is 11.1. The molecule has 3 heterocycles. The van der Waals surface area contributed by atoms with Gasteiger partial charge in [-0.25, -0.2) is 17.8 Å². The van der Waals surface area contributed by atoms with Crippen molar-refractivity contribution in [3.8, 4) is 6.07 Å². The molecule has 6 rings (SSSR count). The number of aliphatic hydroxyl groups excluding tert-OH is 2. The zero-order valence-electron chi connectivity index (χ0n) is 26.7. The molecule has 16 nitrogen and oxygen atoms in total. The van der Waals surface area contributed by atoms with Gasteiger partial charge in [-0.3, -0.25) is 23.2 Å². The number of hydrogen-bond acceptors (Lipinski definition) is 15. The number of aromatic nitrogens is 2. The van der Waals surface area contributed by atoms with Crippen molar-refractivity contribution >= 4 is 57.7 Å². The highest BCUT2D eigenvalue weighted by Crippen LogP contribution is 2.50. The van der Waals surface area contributed by atoms with Gasteiger partial charge in [0.1, 0.15) is 41.8 Å². The quantitative estimate of drug-likeness (QED) is 0.102. The Bertz CT molecular complexity index is 1770. The zero-order chi connectivity index (χ0) is 35.8. The molecule has 4 aliphatic rings. The third-order valence-corrected chi connectivity index (χ3v) is 14.5. The fourth-order valence-electron chi connectivity index (χ4n) is 6.07. The second kappa shape index (κ2) is 15.0. The number of rotatable bonds is 15. The molecule has 4 atom stereocenters. The summed E-state index contributed by atoms with van der Waals surface area (Å²) in [4.78, 5) is 28.5. The van der Waals surface area contributed by atoms with Crippen molar-refractivity contribution in [2.45, 2.75) is 88.1 Å². The third-order valence-electron chi connectivity index (χ3n) is 9.52. The highest BCUT2D eigenvalue weighted by atomic mass is 35.5. The number of nitriles is 1. The normalized spacial score (nSPS) is 27.2. The van der Waals surface area contributed by atoms with Gasteiger partial charge < -0.3 is 34.3 Å². The van der Waals surface area contributed by atoms with Crippen molar-refractivity contribution in [2.75, 3.05) is 30.1 Å². The maximum atomic E-state index is 13.6. The van der Waals surface area contributed by atoms with Crippen LogP contribution in [-0.4, -0.2) is 95.5 Å². The summed E-state index contributed by atoms with van der Waals surface area (Å²) in [6, 6.07) is 3.29. The van der Waals surface area contributed by atoms with E-state index in [0.29, 0.717) is 36.8 Å². The molecule has 20 heteroatoms. The van der Waals surface area contributed by atoms with E-state index in [9.17, 15) is 42.4 Å². The van der Waals surface area contributed by atoms with Gasteiger partial charge in [-0.2, -0.15) is 5.26 Å². The second-order valence-electron chi connectivity index (χ2n) is 13.0. The number of halogens is 2. The van der Waals surface area contributed by atoms with Crippen LogP contribution in [0.15, 0.2) is 12.3 Å². The van der Waals surface area contributed by atoms with E-state index in [1.54, 1.807) is 6.07 Å². The van der Waals surface area contributed by atoms with E-state index < -0.39 is 84.9 Å². The molecule has 4 fully saturated rings. The highest BCUT2D eigenvalue weighted by Gasteiger charge is 2.47. The van der Waals surface area contributed by atoms with Crippen LogP contribution >= 0.6 is 19.2 Å². The van der Waals surface area contributed by atoms with Gasteiger partial charge in [0, 0.05) is 17.6 Å². The average molecular weight is 763 g/mol. The largest absolute Gasteiger partial charge is 0.438 e. The number of aliphatic hydroxyl groups is 2. The van der Waals surface area contributed by atoms with Crippen LogP contribution in [0.1, 0.15) is 63.2 Å². The van der Waals surface area contributed by atoms with E-state index in [4.69, 9.17) is 34.9 Å². The van der Waals surface area contributed by atoms with Crippen molar-refractivity contribution in [1.29, 1.82) is 5.26 Å². The van der Waals surface area contributed by atoms with Crippen molar-refractivity contribution in [3.63, 3.8) is 0 Å². The summed E-state index contributed by atoms with van der Waals surface area (Å²) in [7, 11) is -9.13. The lowest BCUT2D eigenvalue weighted by molar-refractivity contribution is -0.160. The van der Waals surface area contributed by atoms with Gasteiger partial charge in [0.25, 0.3) is 0 Å². The Morgan fingerprint density at radius 2 is 1.70 bits per heavy atom. The highest BCUT2D eigenvalue weighted by molar-refractivity contribution is 7.97. The van der Waals surface area contributed by atoms with Crippen LogP contribution < -0.4 is 5.32 Å². The number of pyridine rings is 1. The summed E-state index contributed by atoms with van der Waals surface area (Å²) in [5.41, 5.74) is -0.795. The average Bonchev–Trinajstić information content (AvgIpc) is 3.49. The molecule has 3 aliphatic carbocycles.